The van der Waals surface area contributed by atoms with Crippen LogP contribution >= 0.6 is 34.8 Å². The van der Waals surface area contributed by atoms with Crippen molar-refractivity contribution in [3.63, 3.8) is 0 Å². The lowest BCUT2D eigenvalue weighted by atomic mass is 10.1. The summed E-state index contributed by atoms with van der Waals surface area (Å²) >= 11 is 18.4. The Morgan fingerprint density at radius 1 is 1.10 bits per heavy atom. The lowest BCUT2D eigenvalue weighted by Gasteiger charge is -2.28. The van der Waals surface area contributed by atoms with Gasteiger partial charge in [-0.25, -0.2) is 0 Å². The molecule has 0 aliphatic heterocycles. The van der Waals surface area contributed by atoms with E-state index in [0.717, 1.165) is 11.1 Å². The maximum atomic E-state index is 12.9. The van der Waals surface area contributed by atoms with Gasteiger partial charge in [0.05, 0.1) is 0 Å². The van der Waals surface area contributed by atoms with Crippen LogP contribution in [-0.2, 0) is 16.1 Å². The highest BCUT2D eigenvalue weighted by atomic mass is 35.5. The second kappa shape index (κ2) is 10.2. The summed E-state index contributed by atoms with van der Waals surface area (Å²) in [6.07, 6.45) is 0. The van der Waals surface area contributed by atoms with Gasteiger partial charge >= 0.3 is 0 Å². The second-order valence-electron chi connectivity index (χ2n) is 6.71. The Morgan fingerprint density at radius 3 is 2.28 bits per heavy atom. The van der Waals surface area contributed by atoms with Crippen molar-refractivity contribution in [3.05, 3.63) is 62.1 Å². The molecule has 29 heavy (non-hydrogen) atoms. The van der Waals surface area contributed by atoms with Crippen LogP contribution in [0.5, 0.6) is 5.75 Å². The maximum Gasteiger partial charge on any atom is 0.261 e. The molecule has 1 N–H and O–H groups in total. The topological polar surface area (TPSA) is 58.6 Å². The standard InChI is InChI=1S/C21H23Cl3N2O3/c1-12-7-17(8-13(2)20(12)24)29-11-19(27)26(14(3)21(28)25-4)10-15-5-6-16(22)9-18(15)23/h5-9,14H,10-11H2,1-4H3,(H,25,28). The molecule has 8 heteroatoms. The molecule has 0 heterocycles. The van der Waals surface area contributed by atoms with Crippen LogP contribution < -0.4 is 10.1 Å². The molecule has 2 rings (SSSR count). The van der Waals surface area contributed by atoms with E-state index in [4.69, 9.17) is 39.5 Å². The van der Waals surface area contributed by atoms with E-state index < -0.39 is 6.04 Å². The third kappa shape index (κ3) is 6.01. The summed E-state index contributed by atoms with van der Waals surface area (Å²) in [4.78, 5) is 26.5. The van der Waals surface area contributed by atoms with Gasteiger partial charge < -0.3 is 15.0 Å². The Bertz CT molecular complexity index is 895. The number of hydrogen-bond donors (Lipinski definition) is 1. The third-order valence-corrected chi connectivity index (χ3v) is 5.72. The smallest absolute Gasteiger partial charge is 0.261 e. The van der Waals surface area contributed by atoms with E-state index in [9.17, 15) is 9.59 Å². The number of hydrogen-bond acceptors (Lipinski definition) is 3. The number of carbonyl (C=O) groups excluding carboxylic acids is 2. The number of aryl methyl sites for hydroxylation is 2. The zero-order valence-corrected chi connectivity index (χ0v) is 19.0. The fraction of sp³-hybridized carbons (Fsp3) is 0.333. The summed E-state index contributed by atoms with van der Waals surface area (Å²) in [5.41, 5.74) is 2.40. The molecule has 5 nitrogen and oxygen atoms in total. The van der Waals surface area contributed by atoms with Gasteiger partial charge in [0.2, 0.25) is 5.91 Å². The van der Waals surface area contributed by atoms with Crippen LogP contribution in [0, 0.1) is 13.8 Å². The highest BCUT2D eigenvalue weighted by Crippen LogP contribution is 2.26. The Morgan fingerprint density at radius 2 is 1.72 bits per heavy atom. The van der Waals surface area contributed by atoms with E-state index in [2.05, 4.69) is 5.32 Å². The minimum atomic E-state index is -0.712. The average Bonchev–Trinajstić information content (AvgIpc) is 2.68. The first-order valence-corrected chi connectivity index (χ1v) is 10.1. The van der Waals surface area contributed by atoms with Gasteiger partial charge in [-0.3, -0.25) is 9.59 Å². The van der Waals surface area contributed by atoms with Gasteiger partial charge in [-0.1, -0.05) is 40.9 Å². The van der Waals surface area contributed by atoms with Crippen molar-refractivity contribution in [2.75, 3.05) is 13.7 Å². The summed E-state index contributed by atoms with van der Waals surface area (Å²) in [5.74, 6) is -0.103. The number of benzene rings is 2. The highest BCUT2D eigenvalue weighted by Gasteiger charge is 2.26. The van der Waals surface area contributed by atoms with Crippen molar-refractivity contribution in [3.8, 4) is 5.75 Å². The molecule has 0 bridgehead atoms. The van der Waals surface area contributed by atoms with Gasteiger partial charge in [0.1, 0.15) is 11.8 Å². The van der Waals surface area contributed by atoms with Crippen LogP contribution in [0.3, 0.4) is 0 Å². The first-order chi connectivity index (χ1) is 13.6. The molecule has 0 aliphatic rings. The fourth-order valence-electron chi connectivity index (χ4n) is 2.84. The predicted molar refractivity (Wildman–Crippen MR) is 117 cm³/mol. The summed E-state index contributed by atoms with van der Waals surface area (Å²) in [6.45, 7) is 5.30. The van der Waals surface area contributed by atoms with E-state index in [1.165, 1.54) is 11.9 Å². The molecule has 2 aromatic carbocycles. The minimum absolute atomic E-state index is 0.144. The molecule has 0 radical (unpaired) electrons. The first-order valence-electron chi connectivity index (χ1n) is 8.98. The quantitative estimate of drug-likeness (QED) is 0.649. The molecule has 1 atom stereocenters. The van der Waals surface area contributed by atoms with E-state index in [-0.39, 0.29) is 25.0 Å². The average molecular weight is 458 g/mol. The molecule has 0 saturated carbocycles. The monoisotopic (exact) mass is 456 g/mol. The van der Waals surface area contributed by atoms with Gasteiger partial charge in [-0.2, -0.15) is 0 Å². The third-order valence-electron chi connectivity index (χ3n) is 4.54. The van der Waals surface area contributed by atoms with Crippen LogP contribution in [0.15, 0.2) is 30.3 Å². The van der Waals surface area contributed by atoms with Crippen molar-refractivity contribution in [1.82, 2.24) is 10.2 Å². The van der Waals surface area contributed by atoms with Gasteiger partial charge in [0, 0.05) is 28.7 Å². The van der Waals surface area contributed by atoms with Gasteiger partial charge in [0.15, 0.2) is 6.61 Å². The van der Waals surface area contributed by atoms with Gasteiger partial charge in [0.25, 0.3) is 5.91 Å². The van der Waals surface area contributed by atoms with E-state index >= 15 is 0 Å². The van der Waals surface area contributed by atoms with E-state index in [0.29, 0.717) is 26.4 Å². The second-order valence-corrected chi connectivity index (χ2v) is 7.93. The van der Waals surface area contributed by atoms with Crippen molar-refractivity contribution in [2.45, 2.75) is 33.4 Å². The Kier molecular flexibility index (Phi) is 8.20. The molecule has 156 valence electrons. The molecule has 2 aromatic rings. The van der Waals surface area contributed by atoms with Gasteiger partial charge in [-0.15, -0.1) is 0 Å². The van der Waals surface area contributed by atoms with Crippen LogP contribution in [0.1, 0.15) is 23.6 Å². The highest BCUT2D eigenvalue weighted by molar-refractivity contribution is 6.35. The molecule has 0 saturated heterocycles. The molecular formula is C21H23Cl3N2O3. The number of nitrogens with zero attached hydrogens (tertiary/aromatic N) is 1. The Labute approximate surface area is 185 Å². The summed E-state index contributed by atoms with van der Waals surface area (Å²) in [7, 11) is 1.52. The lowest BCUT2D eigenvalue weighted by molar-refractivity contribution is -0.142. The van der Waals surface area contributed by atoms with Crippen molar-refractivity contribution >= 4 is 46.6 Å². The van der Waals surface area contributed by atoms with Crippen molar-refractivity contribution < 1.29 is 14.3 Å². The summed E-state index contributed by atoms with van der Waals surface area (Å²) in [6, 6.07) is 7.84. The molecule has 0 aliphatic carbocycles. The number of amides is 2. The van der Waals surface area contributed by atoms with Crippen molar-refractivity contribution in [2.24, 2.45) is 0 Å². The lowest BCUT2D eigenvalue weighted by Crippen LogP contribution is -2.48. The van der Waals surface area contributed by atoms with E-state index in [1.807, 2.05) is 13.8 Å². The molecule has 0 spiro atoms. The normalized spacial score (nSPS) is 11.7. The molecule has 2 amide bonds. The molecule has 0 fully saturated rings. The number of rotatable bonds is 7. The van der Waals surface area contributed by atoms with Crippen LogP contribution in [0.4, 0.5) is 0 Å². The zero-order chi connectivity index (χ0) is 21.7. The Hall–Kier alpha value is -1.95. The molecule has 0 aromatic heterocycles. The van der Waals surface area contributed by atoms with E-state index in [1.54, 1.807) is 37.3 Å². The maximum absolute atomic E-state index is 12.9. The van der Waals surface area contributed by atoms with Crippen molar-refractivity contribution in [1.29, 1.82) is 0 Å². The van der Waals surface area contributed by atoms with Crippen LogP contribution in [0.2, 0.25) is 15.1 Å². The molecular weight excluding hydrogens is 435 g/mol. The SMILES string of the molecule is CNC(=O)C(C)N(Cc1ccc(Cl)cc1Cl)C(=O)COc1cc(C)c(Cl)c(C)c1. The van der Waals surface area contributed by atoms with Crippen LogP contribution in [0.25, 0.3) is 0 Å². The fourth-order valence-corrected chi connectivity index (χ4v) is 3.42. The number of ether oxygens (including phenoxy) is 1. The van der Waals surface area contributed by atoms with Gasteiger partial charge in [-0.05, 0) is 61.7 Å². The minimum Gasteiger partial charge on any atom is -0.484 e. The zero-order valence-electron chi connectivity index (χ0n) is 16.7. The number of likely N-dealkylation sites (N-methyl/N-ethyl adjacent to an activating group) is 1. The predicted octanol–water partition coefficient (Wildman–Crippen LogP) is 4.81. The molecule has 1 unspecified atom stereocenters. The summed E-state index contributed by atoms with van der Waals surface area (Å²) < 4.78 is 5.68. The van der Waals surface area contributed by atoms with Crippen LogP contribution in [-0.4, -0.2) is 36.4 Å². The first kappa shape index (κ1) is 23.3. The number of nitrogens with one attached hydrogen (secondary N) is 1. The number of carbonyl (C=O) groups is 2. The summed E-state index contributed by atoms with van der Waals surface area (Å²) in [5, 5.41) is 4.14. The Balaban J connectivity index is 2.21. The largest absolute Gasteiger partial charge is 0.484 e. The number of halogens is 3.